The first-order valence-corrected chi connectivity index (χ1v) is 17.2. The van der Waals surface area contributed by atoms with Crippen LogP contribution in [-0.2, 0) is 21.3 Å². The Balaban J connectivity index is 1.10. The number of piperazine rings is 1. The maximum Gasteiger partial charge on any atom is 0.429 e. The predicted octanol–water partition coefficient (Wildman–Crippen LogP) is 3.46. The first-order valence-electron chi connectivity index (χ1n) is 15.3. The van der Waals surface area contributed by atoms with Crippen molar-refractivity contribution in [2.24, 2.45) is 0 Å². The molecular weight excluding hydrogens is 592 g/mol. The molecule has 2 aromatic carbocycles. The number of benzene rings is 2. The average Bonchev–Trinajstić information content (AvgIpc) is 3.06. The Bertz CT molecular complexity index is 1520. The molecule has 12 heteroatoms. The van der Waals surface area contributed by atoms with E-state index in [1.54, 1.807) is 17.3 Å². The Morgan fingerprint density at radius 3 is 2.31 bits per heavy atom. The summed E-state index contributed by atoms with van der Waals surface area (Å²) in [6.07, 6.45) is 6.48. The molecule has 1 amide bonds. The van der Waals surface area contributed by atoms with E-state index in [1.165, 1.54) is 10.6 Å². The van der Waals surface area contributed by atoms with Crippen molar-refractivity contribution in [1.82, 2.24) is 24.5 Å². The lowest BCUT2D eigenvalue weighted by molar-refractivity contribution is 0.0982. The van der Waals surface area contributed by atoms with E-state index in [9.17, 15) is 18.0 Å². The van der Waals surface area contributed by atoms with E-state index < -0.39 is 16.1 Å². The summed E-state index contributed by atoms with van der Waals surface area (Å²) in [5, 5.41) is 6.75. The summed E-state index contributed by atoms with van der Waals surface area (Å²) in [6, 6.07) is 21.4. The number of hydrogen-bond acceptors (Lipinski definition) is 9. The first kappa shape index (κ1) is 32.7. The van der Waals surface area contributed by atoms with E-state index >= 15 is 0 Å². The van der Waals surface area contributed by atoms with Crippen molar-refractivity contribution in [3.05, 3.63) is 90.6 Å². The first-order chi connectivity index (χ1) is 21.8. The van der Waals surface area contributed by atoms with Gasteiger partial charge in [0.25, 0.3) is 0 Å². The van der Waals surface area contributed by atoms with Gasteiger partial charge in [0.15, 0.2) is 5.78 Å². The summed E-state index contributed by atoms with van der Waals surface area (Å²) in [6.45, 7) is 4.82. The number of piperidine rings is 1. The van der Waals surface area contributed by atoms with Crippen molar-refractivity contribution in [1.29, 1.82) is 0 Å². The fourth-order valence-electron chi connectivity index (χ4n) is 5.55. The summed E-state index contributed by atoms with van der Waals surface area (Å²) in [7, 11) is -3.16. The summed E-state index contributed by atoms with van der Waals surface area (Å²) in [5.41, 5.74) is 4.05. The van der Waals surface area contributed by atoms with Crippen LogP contribution in [0.4, 0.5) is 10.5 Å². The minimum absolute atomic E-state index is 0.0693. The summed E-state index contributed by atoms with van der Waals surface area (Å²) < 4.78 is 30.6. The number of rotatable bonds is 12. The number of carbonyl (C=O) groups is 2. The third kappa shape index (κ3) is 8.95. The second-order valence-electron chi connectivity index (χ2n) is 11.2. The van der Waals surface area contributed by atoms with E-state index in [4.69, 9.17) is 4.74 Å². The third-order valence-electron chi connectivity index (χ3n) is 7.96. The molecule has 0 saturated carbocycles. The van der Waals surface area contributed by atoms with Gasteiger partial charge in [0, 0.05) is 64.1 Å². The number of nitrogens with zero attached hydrogens (tertiary/aromatic N) is 5. The standard InChI is InChI=1S/C33H41N6O5S/c1-45(42,43)38-21-19-36(20-22-38)26-27-14-15-30(35-24-27)32(40)25-34-16-23-44-33(41)39(37-17-8-3-9-18-37)31-13-7-6-12-29(31)28-10-4-2-5-11-28/h2-7,10-15,24,34H,8-9,16-23,25-26H2,1H3. The fourth-order valence-corrected chi connectivity index (χ4v) is 6.37. The molecule has 0 unspecified atom stereocenters. The lowest BCUT2D eigenvalue weighted by Crippen LogP contribution is -2.50. The number of ether oxygens (including phenoxy) is 1. The molecule has 1 radical (unpaired) electrons. The van der Waals surface area contributed by atoms with Gasteiger partial charge in [-0.15, -0.1) is 0 Å². The summed E-state index contributed by atoms with van der Waals surface area (Å²) in [4.78, 5) is 32.7. The van der Waals surface area contributed by atoms with Gasteiger partial charge in [-0.25, -0.2) is 23.2 Å². The van der Waals surface area contributed by atoms with Crippen LogP contribution in [0.25, 0.3) is 11.1 Å². The van der Waals surface area contributed by atoms with E-state index in [0.29, 0.717) is 45.0 Å². The van der Waals surface area contributed by atoms with Gasteiger partial charge in [-0.1, -0.05) is 54.6 Å². The molecule has 239 valence electrons. The van der Waals surface area contributed by atoms with Crippen molar-refractivity contribution in [2.75, 3.05) is 70.2 Å². The van der Waals surface area contributed by atoms with Crippen molar-refractivity contribution < 1.29 is 22.7 Å². The Hall–Kier alpha value is -3.68. The van der Waals surface area contributed by atoms with Gasteiger partial charge in [0.05, 0.1) is 18.5 Å². The normalized spacial score (nSPS) is 16.7. The smallest absolute Gasteiger partial charge is 0.429 e. The number of hydrazine groups is 1. The van der Waals surface area contributed by atoms with Crippen LogP contribution in [0, 0.1) is 6.42 Å². The van der Waals surface area contributed by atoms with Gasteiger partial charge in [-0.2, -0.15) is 4.31 Å². The average molecular weight is 634 g/mol. The largest absolute Gasteiger partial charge is 0.447 e. The van der Waals surface area contributed by atoms with Crippen molar-refractivity contribution in [3.63, 3.8) is 0 Å². The number of ketones is 1. The number of hydrogen-bond donors (Lipinski definition) is 1. The number of carbonyl (C=O) groups excluding carboxylic acids is 2. The second kappa shape index (κ2) is 15.5. The quantitative estimate of drug-likeness (QED) is 0.237. The molecule has 0 spiro atoms. The van der Waals surface area contributed by atoms with Crippen LogP contribution in [0.3, 0.4) is 0 Å². The molecule has 2 fully saturated rings. The monoisotopic (exact) mass is 633 g/mol. The molecule has 2 aliphatic heterocycles. The van der Waals surface area contributed by atoms with Crippen LogP contribution in [0.1, 0.15) is 28.9 Å². The maximum atomic E-state index is 13.5. The minimum Gasteiger partial charge on any atom is -0.447 e. The van der Waals surface area contributed by atoms with Crippen LogP contribution < -0.4 is 10.3 Å². The number of sulfonamides is 1. The Morgan fingerprint density at radius 1 is 0.911 bits per heavy atom. The highest BCUT2D eigenvalue weighted by atomic mass is 32.2. The number of Topliss-reactive ketones (excluding diaryl/α,β-unsaturated/α-hetero) is 1. The molecule has 2 saturated heterocycles. The van der Waals surface area contributed by atoms with Gasteiger partial charge in [0.2, 0.25) is 10.0 Å². The molecule has 45 heavy (non-hydrogen) atoms. The van der Waals surface area contributed by atoms with Crippen molar-refractivity contribution in [3.8, 4) is 11.1 Å². The van der Waals surface area contributed by atoms with Crippen LogP contribution in [-0.4, -0.2) is 105 Å². The third-order valence-corrected chi connectivity index (χ3v) is 9.27. The van der Waals surface area contributed by atoms with Gasteiger partial charge in [0.1, 0.15) is 12.3 Å². The van der Waals surface area contributed by atoms with E-state index in [1.807, 2.05) is 65.7 Å². The molecule has 1 N–H and O–H groups in total. The number of anilines is 1. The highest BCUT2D eigenvalue weighted by Gasteiger charge is 2.28. The molecule has 0 bridgehead atoms. The van der Waals surface area contributed by atoms with Gasteiger partial charge in [-0.05, 0) is 42.5 Å². The Morgan fingerprint density at radius 2 is 1.62 bits per heavy atom. The molecule has 0 atom stereocenters. The van der Waals surface area contributed by atoms with E-state index in [2.05, 4.69) is 21.6 Å². The van der Waals surface area contributed by atoms with Crippen molar-refractivity contribution >= 4 is 27.6 Å². The fraction of sp³-hybridized carbons (Fsp3) is 0.394. The topological polar surface area (TPSA) is 115 Å². The number of aromatic nitrogens is 1. The molecule has 3 heterocycles. The predicted molar refractivity (Wildman–Crippen MR) is 174 cm³/mol. The second-order valence-corrected chi connectivity index (χ2v) is 13.2. The van der Waals surface area contributed by atoms with E-state index in [-0.39, 0.29) is 18.9 Å². The Kier molecular flexibility index (Phi) is 11.3. The summed E-state index contributed by atoms with van der Waals surface area (Å²) in [5.74, 6) is -0.155. The zero-order valence-corrected chi connectivity index (χ0v) is 26.5. The zero-order valence-electron chi connectivity index (χ0n) is 25.7. The molecule has 3 aromatic rings. The van der Waals surface area contributed by atoms with Gasteiger partial charge in [-0.3, -0.25) is 14.7 Å². The number of nitrogens with one attached hydrogen (secondary N) is 1. The Labute approximate surface area is 265 Å². The minimum atomic E-state index is -3.16. The number of pyridine rings is 1. The molecule has 1 aromatic heterocycles. The highest BCUT2D eigenvalue weighted by Crippen LogP contribution is 2.33. The number of amides is 1. The molecule has 0 aliphatic carbocycles. The lowest BCUT2D eigenvalue weighted by atomic mass is 10.0. The highest BCUT2D eigenvalue weighted by molar-refractivity contribution is 7.88. The van der Waals surface area contributed by atoms with Gasteiger partial charge >= 0.3 is 6.09 Å². The molecule has 11 nitrogen and oxygen atoms in total. The molecular formula is C33H41N6O5S. The van der Waals surface area contributed by atoms with Crippen molar-refractivity contribution in [2.45, 2.75) is 19.4 Å². The van der Waals surface area contributed by atoms with Crippen LogP contribution in [0.5, 0.6) is 0 Å². The SMILES string of the molecule is CS(=O)(=O)N1CCN(Cc2ccc(C(=O)CNCCOC(=O)N(c3ccccc3-c3ccccc3)N3CC[CH]CC3)nc2)CC1. The summed E-state index contributed by atoms with van der Waals surface area (Å²) >= 11 is 0. The molecule has 5 rings (SSSR count). The zero-order chi connectivity index (χ0) is 31.6. The maximum absolute atomic E-state index is 13.5. The van der Waals surface area contributed by atoms with Crippen LogP contribution in [0.15, 0.2) is 72.9 Å². The van der Waals surface area contributed by atoms with Crippen LogP contribution >= 0.6 is 0 Å². The van der Waals surface area contributed by atoms with Crippen LogP contribution in [0.2, 0.25) is 0 Å². The number of para-hydroxylation sites is 1. The molecule has 2 aliphatic rings. The van der Waals surface area contributed by atoms with E-state index in [0.717, 1.165) is 48.3 Å². The lowest BCUT2D eigenvalue weighted by Gasteiger charge is -2.37. The van der Waals surface area contributed by atoms with Gasteiger partial charge < -0.3 is 10.1 Å².